The van der Waals surface area contributed by atoms with Gasteiger partial charge in [-0.2, -0.15) is 0 Å². The van der Waals surface area contributed by atoms with Crippen molar-refractivity contribution in [2.45, 2.75) is 36.6 Å². The van der Waals surface area contributed by atoms with Gasteiger partial charge in [-0.05, 0) is 37.1 Å². The van der Waals surface area contributed by atoms with Crippen molar-refractivity contribution in [2.75, 3.05) is 10.0 Å². The smallest absolute Gasteiger partial charge is 0.261 e. The highest BCUT2D eigenvalue weighted by atomic mass is 32.2. The van der Waals surface area contributed by atoms with Crippen molar-refractivity contribution in [2.24, 2.45) is 0 Å². The quantitative estimate of drug-likeness (QED) is 0.888. The fourth-order valence-corrected chi connectivity index (χ4v) is 3.70. The average Bonchev–Trinajstić information content (AvgIpc) is 3.03. The number of hydrogen-bond acceptors (Lipinski definition) is 4. The molecule has 0 unspecified atom stereocenters. The molecule has 116 valence electrons. The Bertz CT molecular complexity index is 709. The van der Waals surface area contributed by atoms with E-state index in [9.17, 15) is 8.42 Å². The molecule has 2 N–H and O–H groups in total. The van der Waals surface area contributed by atoms with E-state index in [1.165, 1.54) is 31.9 Å². The Hall–Kier alpha value is -2.08. The van der Waals surface area contributed by atoms with Gasteiger partial charge in [0.1, 0.15) is 5.82 Å². The van der Waals surface area contributed by atoms with Crippen LogP contribution in [-0.4, -0.2) is 19.4 Å². The zero-order chi connectivity index (χ0) is 15.4. The second kappa shape index (κ2) is 6.36. The van der Waals surface area contributed by atoms with Gasteiger partial charge in [0, 0.05) is 6.04 Å². The van der Waals surface area contributed by atoms with E-state index < -0.39 is 10.0 Å². The van der Waals surface area contributed by atoms with Crippen molar-refractivity contribution < 1.29 is 8.42 Å². The molecule has 0 bridgehead atoms. The van der Waals surface area contributed by atoms with Crippen LogP contribution in [0.2, 0.25) is 0 Å². The molecule has 1 aromatic carbocycles. The summed E-state index contributed by atoms with van der Waals surface area (Å²) in [5.74, 6) is 0.787. The molecule has 0 radical (unpaired) electrons. The molecule has 0 aliphatic heterocycles. The zero-order valence-electron chi connectivity index (χ0n) is 12.2. The number of benzene rings is 1. The van der Waals surface area contributed by atoms with Crippen molar-refractivity contribution in [3.05, 3.63) is 48.7 Å². The minimum absolute atomic E-state index is 0.239. The van der Waals surface area contributed by atoms with E-state index in [1.807, 2.05) is 0 Å². The summed E-state index contributed by atoms with van der Waals surface area (Å²) in [7, 11) is -3.56. The van der Waals surface area contributed by atoms with E-state index in [0.29, 0.717) is 11.7 Å². The lowest BCUT2D eigenvalue weighted by atomic mass is 10.2. The number of pyridine rings is 1. The molecule has 1 heterocycles. The maximum absolute atomic E-state index is 12.2. The molecule has 1 aromatic heterocycles. The van der Waals surface area contributed by atoms with Gasteiger partial charge in [0.15, 0.2) is 0 Å². The molecule has 5 nitrogen and oxygen atoms in total. The third-order valence-corrected chi connectivity index (χ3v) is 5.17. The number of anilines is 2. The van der Waals surface area contributed by atoms with Crippen molar-refractivity contribution in [1.29, 1.82) is 0 Å². The molecule has 3 rings (SSSR count). The Labute approximate surface area is 130 Å². The Kier molecular flexibility index (Phi) is 4.29. The number of nitrogens with one attached hydrogen (secondary N) is 2. The predicted molar refractivity (Wildman–Crippen MR) is 87.4 cm³/mol. The summed E-state index contributed by atoms with van der Waals surface area (Å²) in [5, 5.41) is 3.37. The highest BCUT2D eigenvalue weighted by Gasteiger charge is 2.16. The molecule has 0 atom stereocenters. The highest BCUT2D eigenvalue weighted by Crippen LogP contribution is 2.22. The second-order valence-corrected chi connectivity index (χ2v) is 7.16. The van der Waals surface area contributed by atoms with Crippen LogP contribution in [0.4, 0.5) is 11.5 Å². The van der Waals surface area contributed by atoms with Gasteiger partial charge in [-0.25, -0.2) is 13.4 Å². The minimum atomic E-state index is -3.56. The molecule has 22 heavy (non-hydrogen) atoms. The first-order valence-electron chi connectivity index (χ1n) is 7.44. The second-order valence-electron chi connectivity index (χ2n) is 5.48. The molecule has 0 saturated heterocycles. The van der Waals surface area contributed by atoms with Gasteiger partial charge >= 0.3 is 0 Å². The van der Waals surface area contributed by atoms with Gasteiger partial charge in [0.25, 0.3) is 10.0 Å². The first kappa shape index (κ1) is 14.8. The Morgan fingerprint density at radius 2 is 1.73 bits per heavy atom. The summed E-state index contributed by atoms with van der Waals surface area (Å²) in [6, 6.07) is 12.3. The summed E-state index contributed by atoms with van der Waals surface area (Å²) in [6.07, 6.45) is 6.39. The topological polar surface area (TPSA) is 71.1 Å². The average molecular weight is 317 g/mol. The van der Waals surface area contributed by atoms with Gasteiger partial charge in [0.05, 0.1) is 16.8 Å². The SMILES string of the molecule is O=S(=O)(Nc1ccc(NC2CCCC2)nc1)c1ccccc1. The Morgan fingerprint density at radius 1 is 1.00 bits per heavy atom. The lowest BCUT2D eigenvalue weighted by molar-refractivity contribution is 0.601. The van der Waals surface area contributed by atoms with Gasteiger partial charge in [-0.3, -0.25) is 4.72 Å². The normalized spacial score (nSPS) is 15.6. The molecule has 0 spiro atoms. The third kappa shape index (κ3) is 3.57. The summed E-state index contributed by atoms with van der Waals surface area (Å²) in [5.41, 5.74) is 0.459. The van der Waals surface area contributed by atoms with Crippen molar-refractivity contribution in [3.8, 4) is 0 Å². The molecule has 1 fully saturated rings. The number of sulfonamides is 1. The van der Waals surface area contributed by atoms with Crippen LogP contribution in [0, 0.1) is 0 Å². The molecule has 2 aromatic rings. The standard InChI is InChI=1S/C16H19N3O2S/c20-22(21,15-8-2-1-3-9-15)19-14-10-11-16(17-12-14)18-13-6-4-5-7-13/h1-3,8-13,19H,4-7H2,(H,17,18). The third-order valence-electron chi connectivity index (χ3n) is 3.78. The molecule has 1 saturated carbocycles. The van der Waals surface area contributed by atoms with Gasteiger partial charge in [0.2, 0.25) is 0 Å². The first-order valence-corrected chi connectivity index (χ1v) is 8.92. The van der Waals surface area contributed by atoms with Gasteiger partial charge in [-0.1, -0.05) is 31.0 Å². The van der Waals surface area contributed by atoms with Crippen LogP contribution in [-0.2, 0) is 10.0 Å². The fourth-order valence-electron chi connectivity index (χ4n) is 2.63. The Morgan fingerprint density at radius 3 is 2.36 bits per heavy atom. The Balaban J connectivity index is 1.68. The molecular formula is C16H19N3O2S. The number of rotatable bonds is 5. The van der Waals surface area contributed by atoms with Crippen molar-refractivity contribution in [3.63, 3.8) is 0 Å². The maximum atomic E-state index is 12.2. The number of aromatic nitrogens is 1. The maximum Gasteiger partial charge on any atom is 0.261 e. The van der Waals surface area contributed by atoms with E-state index in [1.54, 1.807) is 42.5 Å². The van der Waals surface area contributed by atoms with Crippen LogP contribution >= 0.6 is 0 Å². The minimum Gasteiger partial charge on any atom is -0.367 e. The van der Waals surface area contributed by atoms with Gasteiger partial charge in [-0.15, -0.1) is 0 Å². The van der Waals surface area contributed by atoms with E-state index >= 15 is 0 Å². The van der Waals surface area contributed by atoms with E-state index in [-0.39, 0.29) is 4.90 Å². The van der Waals surface area contributed by atoms with Crippen LogP contribution < -0.4 is 10.0 Å². The molecular weight excluding hydrogens is 298 g/mol. The zero-order valence-corrected chi connectivity index (χ0v) is 13.0. The number of hydrogen-bond donors (Lipinski definition) is 2. The molecule has 6 heteroatoms. The molecule has 0 amide bonds. The lowest BCUT2D eigenvalue weighted by Gasteiger charge is -2.13. The highest BCUT2D eigenvalue weighted by molar-refractivity contribution is 7.92. The summed E-state index contributed by atoms with van der Waals surface area (Å²) in [6.45, 7) is 0. The lowest BCUT2D eigenvalue weighted by Crippen LogP contribution is -2.16. The molecule has 1 aliphatic rings. The molecule has 1 aliphatic carbocycles. The van der Waals surface area contributed by atoms with Crippen molar-refractivity contribution in [1.82, 2.24) is 4.98 Å². The monoisotopic (exact) mass is 317 g/mol. The summed E-state index contributed by atoms with van der Waals surface area (Å²) < 4.78 is 27.0. The van der Waals surface area contributed by atoms with Crippen LogP contribution in [0.25, 0.3) is 0 Å². The predicted octanol–water partition coefficient (Wildman–Crippen LogP) is 3.24. The number of nitrogens with zero attached hydrogens (tertiary/aromatic N) is 1. The van der Waals surface area contributed by atoms with Gasteiger partial charge < -0.3 is 5.32 Å². The summed E-state index contributed by atoms with van der Waals surface area (Å²) >= 11 is 0. The van der Waals surface area contributed by atoms with Crippen LogP contribution in [0.1, 0.15) is 25.7 Å². The fraction of sp³-hybridized carbons (Fsp3) is 0.312. The largest absolute Gasteiger partial charge is 0.367 e. The van der Waals surface area contributed by atoms with Crippen LogP contribution in [0.3, 0.4) is 0 Å². The first-order chi connectivity index (χ1) is 10.6. The van der Waals surface area contributed by atoms with Crippen LogP contribution in [0.15, 0.2) is 53.6 Å². The van der Waals surface area contributed by atoms with E-state index in [2.05, 4.69) is 15.0 Å². The van der Waals surface area contributed by atoms with E-state index in [4.69, 9.17) is 0 Å². The van der Waals surface area contributed by atoms with Crippen molar-refractivity contribution >= 4 is 21.5 Å². The van der Waals surface area contributed by atoms with E-state index in [0.717, 1.165) is 5.82 Å². The summed E-state index contributed by atoms with van der Waals surface area (Å²) in [4.78, 5) is 4.52. The van der Waals surface area contributed by atoms with Crippen LogP contribution in [0.5, 0.6) is 0 Å².